The van der Waals surface area contributed by atoms with Crippen LogP contribution >= 0.6 is 0 Å². The van der Waals surface area contributed by atoms with Crippen molar-refractivity contribution in [3.05, 3.63) is 71.3 Å². The summed E-state index contributed by atoms with van der Waals surface area (Å²) in [6.45, 7) is 4.69. The van der Waals surface area contributed by atoms with Crippen molar-refractivity contribution in [2.45, 2.75) is 52.3 Å². The Kier molecular flexibility index (Phi) is 8.39. The van der Waals surface area contributed by atoms with Gasteiger partial charge in [-0.25, -0.2) is 5.48 Å². The van der Waals surface area contributed by atoms with Gasteiger partial charge in [0.1, 0.15) is 6.04 Å². The molecule has 0 bridgehead atoms. The predicted molar refractivity (Wildman–Crippen MR) is 121 cm³/mol. The van der Waals surface area contributed by atoms with E-state index in [0.717, 1.165) is 16.7 Å². The fourth-order valence-electron chi connectivity index (χ4n) is 3.85. The van der Waals surface area contributed by atoms with Crippen molar-refractivity contribution in [1.82, 2.24) is 16.1 Å². The van der Waals surface area contributed by atoms with Crippen LogP contribution in [-0.4, -0.2) is 23.8 Å². The molecule has 3 amide bonds. The van der Waals surface area contributed by atoms with Crippen LogP contribution < -0.4 is 16.1 Å². The van der Waals surface area contributed by atoms with Crippen LogP contribution in [0.1, 0.15) is 43.4 Å². The number of rotatable bonds is 9. The summed E-state index contributed by atoms with van der Waals surface area (Å²) >= 11 is 0. The maximum absolute atomic E-state index is 13.0. The van der Waals surface area contributed by atoms with Gasteiger partial charge in [-0.05, 0) is 29.0 Å². The minimum absolute atomic E-state index is 0.0102. The Labute approximate surface area is 188 Å². The van der Waals surface area contributed by atoms with E-state index >= 15 is 0 Å². The molecule has 3 rings (SSSR count). The lowest BCUT2D eigenvalue weighted by atomic mass is 9.92. The SMILES string of the molecule is CC(C)C[C@H](CC(=O)NOCc1ccccc1)C(=O)N[C@H]1Cc2ccccc2CNC1=O. The molecule has 3 N–H and O–H groups in total. The lowest BCUT2D eigenvalue weighted by Gasteiger charge is -2.22. The lowest BCUT2D eigenvalue weighted by molar-refractivity contribution is -0.139. The minimum Gasteiger partial charge on any atom is -0.350 e. The molecule has 0 aromatic heterocycles. The molecule has 0 spiro atoms. The molecule has 2 aromatic rings. The van der Waals surface area contributed by atoms with E-state index in [2.05, 4.69) is 16.1 Å². The van der Waals surface area contributed by atoms with Gasteiger partial charge < -0.3 is 10.6 Å². The highest BCUT2D eigenvalue weighted by molar-refractivity contribution is 5.91. The van der Waals surface area contributed by atoms with Gasteiger partial charge in [-0.15, -0.1) is 0 Å². The Morgan fingerprint density at radius 2 is 1.75 bits per heavy atom. The van der Waals surface area contributed by atoms with Crippen LogP contribution in [0.5, 0.6) is 0 Å². The number of carbonyl (C=O) groups excluding carboxylic acids is 3. The molecule has 170 valence electrons. The summed E-state index contributed by atoms with van der Waals surface area (Å²) in [5.74, 6) is -1.21. The van der Waals surface area contributed by atoms with Crippen LogP contribution in [0.3, 0.4) is 0 Å². The third kappa shape index (κ3) is 6.92. The van der Waals surface area contributed by atoms with E-state index in [9.17, 15) is 14.4 Å². The molecule has 0 saturated heterocycles. The molecule has 2 atom stereocenters. The fraction of sp³-hybridized carbons (Fsp3) is 0.400. The molecule has 1 heterocycles. The maximum atomic E-state index is 13.0. The summed E-state index contributed by atoms with van der Waals surface area (Å²) in [6, 6.07) is 16.6. The number of benzene rings is 2. The van der Waals surface area contributed by atoms with Gasteiger partial charge in [0.25, 0.3) is 0 Å². The number of nitrogens with one attached hydrogen (secondary N) is 3. The quantitative estimate of drug-likeness (QED) is 0.526. The van der Waals surface area contributed by atoms with Crippen molar-refractivity contribution in [1.29, 1.82) is 0 Å². The van der Waals surface area contributed by atoms with Crippen molar-refractivity contribution < 1.29 is 19.2 Å². The van der Waals surface area contributed by atoms with Crippen LogP contribution in [0.2, 0.25) is 0 Å². The van der Waals surface area contributed by atoms with E-state index in [1.165, 1.54) is 0 Å². The number of amides is 3. The second kappa shape index (κ2) is 11.4. The molecule has 0 fully saturated rings. The van der Waals surface area contributed by atoms with Crippen LogP contribution in [0.25, 0.3) is 0 Å². The zero-order valence-corrected chi connectivity index (χ0v) is 18.6. The number of carbonyl (C=O) groups is 3. The van der Waals surface area contributed by atoms with Crippen LogP contribution in [0.15, 0.2) is 54.6 Å². The monoisotopic (exact) mass is 437 g/mol. The van der Waals surface area contributed by atoms with Gasteiger partial charge in [-0.1, -0.05) is 68.4 Å². The zero-order chi connectivity index (χ0) is 22.9. The summed E-state index contributed by atoms with van der Waals surface area (Å²) in [4.78, 5) is 43.3. The van der Waals surface area contributed by atoms with E-state index in [1.807, 2.05) is 68.4 Å². The third-order valence-corrected chi connectivity index (χ3v) is 5.45. The minimum atomic E-state index is -0.668. The van der Waals surface area contributed by atoms with Crippen molar-refractivity contribution >= 4 is 17.7 Å². The third-order valence-electron chi connectivity index (χ3n) is 5.45. The second-order valence-electron chi connectivity index (χ2n) is 8.58. The molecule has 0 radical (unpaired) electrons. The number of hydroxylamine groups is 1. The van der Waals surface area contributed by atoms with Crippen LogP contribution in [-0.2, 0) is 38.8 Å². The molecular weight excluding hydrogens is 406 g/mol. The van der Waals surface area contributed by atoms with Gasteiger partial charge in [0.15, 0.2) is 0 Å². The zero-order valence-electron chi connectivity index (χ0n) is 18.6. The number of fused-ring (bicyclic) bond motifs is 1. The second-order valence-corrected chi connectivity index (χ2v) is 8.58. The number of hydrogen-bond donors (Lipinski definition) is 3. The molecule has 2 aromatic carbocycles. The average molecular weight is 438 g/mol. The molecule has 0 aliphatic carbocycles. The topological polar surface area (TPSA) is 96.5 Å². The first kappa shape index (κ1) is 23.5. The summed E-state index contributed by atoms with van der Waals surface area (Å²) in [5.41, 5.74) is 5.44. The average Bonchev–Trinajstić information content (AvgIpc) is 2.92. The maximum Gasteiger partial charge on any atom is 0.244 e. The Bertz CT molecular complexity index is 930. The number of hydrogen-bond acceptors (Lipinski definition) is 4. The van der Waals surface area contributed by atoms with Crippen LogP contribution in [0, 0.1) is 11.8 Å². The fourth-order valence-corrected chi connectivity index (χ4v) is 3.85. The normalized spacial score (nSPS) is 16.5. The molecule has 7 heteroatoms. The highest BCUT2D eigenvalue weighted by Crippen LogP contribution is 2.18. The smallest absolute Gasteiger partial charge is 0.244 e. The first-order valence-corrected chi connectivity index (χ1v) is 11.0. The summed E-state index contributed by atoms with van der Waals surface area (Å²) in [5, 5.41) is 5.74. The summed E-state index contributed by atoms with van der Waals surface area (Å²) in [6.07, 6.45) is 0.946. The Morgan fingerprint density at radius 3 is 2.47 bits per heavy atom. The van der Waals surface area contributed by atoms with Gasteiger partial charge in [0.2, 0.25) is 17.7 Å². The molecule has 1 aliphatic heterocycles. The van der Waals surface area contributed by atoms with Crippen molar-refractivity contribution in [2.75, 3.05) is 0 Å². The van der Waals surface area contributed by atoms with Gasteiger partial charge in [0, 0.05) is 25.3 Å². The molecular formula is C25H31N3O4. The molecule has 0 unspecified atom stereocenters. The lowest BCUT2D eigenvalue weighted by Crippen LogP contribution is -2.49. The van der Waals surface area contributed by atoms with E-state index in [-0.39, 0.29) is 36.7 Å². The van der Waals surface area contributed by atoms with Crippen LogP contribution in [0.4, 0.5) is 0 Å². The Morgan fingerprint density at radius 1 is 1.06 bits per heavy atom. The predicted octanol–water partition coefficient (Wildman–Crippen LogP) is 2.64. The van der Waals surface area contributed by atoms with Gasteiger partial charge in [-0.3, -0.25) is 19.2 Å². The van der Waals surface area contributed by atoms with E-state index < -0.39 is 12.0 Å². The summed E-state index contributed by atoms with van der Waals surface area (Å²) in [7, 11) is 0. The molecule has 1 aliphatic rings. The highest BCUT2D eigenvalue weighted by Gasteiger charge is 2.29. The van der Waals surface area contributed by atoms with Crippen molar-refractivity contribution in [3.63, 3.8) is 0 Å². The first-order chi connectivity index (χ1) is 15.4. The Hall–Kier alpha value is -3.19. The highest BCUT2D eigenvalue weighted by atomic mass is 16.6. The van der Waals surface area contributed by atoms with Gasteiger partial charge in [0.05, 0.1) is 6.61 Å². The van der Waals surface area contributed by atoms with E-state index in [4.69, 9.17) is 4.84 Å². The molecule has 32 heavy (non-hydrogen) atoms. The van der Waals surface area contributed by atoms with E-state index in [0.29, 0.717) is 19.4 Å². The Balaban J connectivity index is 1.57. The van der Waals surface area contributed by atoms with Gasteiger partial charge in [-0.2, -0.15) is 0 Å². The summed E-state index contributed by atoms with van der Waals surface area (Å²) < 4.78 is 0. The van der Waals surface area contributed by atoms with Crippen molar-refractivity contribution in [3.8, 4) is 0 Å². The molecule has 7 nitrogen and oxygen atoms in total. The van der Waals surface area contributed by atoms with E-state index in [1.54, 1.807) is 0 Å². The standard InChI is InChI=1S/C25H31N3O4/c1-17(2)12-21(14-23(29)28-32-16-18-8-4-3-5-9-18)24(30)27-22-13-19-10-6-7-11-20(19)15-26-25(22)31/h3-11,17,21-22H,12-16H2,1-2H3,(H,26,31)(H,27,30)(H,28,29)/t21-,22+/m1/s1. The molecule has 0 saturated carbocycles. The van der Waals surface area contributed by atoms with Gasteiger partial charge >= 0.3 is 0 Å². The first-order valence-electron chi connectivity index (χ1n) is 11.0. The largest absolute Gasteiger partial charge is 0.350 e. The van der Waals surface area contributed by atoms with Crippen molar-refractivity contribution in [2.24, 2.45) is 11.8 Å².